The van der Waals surface area contributed by atoms with E-state index >= 15 is 0 Å². The number of carbonyl (C=O) groups is 2. The summed E-state index contributed by atoms with van der Waals surface area (Å²) in [5, 5.41) is 0. The number of benzene rings is 1. The molecule has 1 aliphatic heterocycles. The molecule has 41 heavy (non-hydrogen) atoms. The van der Waals surface area contributed by atoms with Crippen LogP contribution in [0.15, 0.2) is 48.1 Å². The van der Waals surface area contributed by atoms with Gasteiger partial charge in [0.05, 0.1) is 0 Å². The molecule has 2 rings (SSSR count). The summed E-state index contributed by atoms with van der Waals surface area (Å²) in [6.07, 6.45) is 12.7. The van der Waals surface area contributed by atoms with Gasteiger partial charge in [0.1, 0.15) is 5.60 Å². The van der Waals surface area contributed by atoms with E-state index in [2.05, 4.69) is 71.5 Å². The van der Waals surface area contributed by atoms with E-state index in [0.717, 1.165) is 37.7 Å². The summed E-state index contributed by atoms with van der Waals surface area (Å²) in [5.74, 6) is 0.858. The largest absolute Gasteiger partial charge is 1.00 e. The molecule has 1 atom stereocenters. The van der Waals surface area contributed by atoms with Crippen LogP contribution < -0.4 is 29.6 Å². The van der Waals surface area contributed by atoms with Crippen LogP contribution in [0.1, 0.15) is 127 Å². The molecule has 0 saturated heterocycles. The zero-order valence-electron chi connectivity index (χ0n) is 28.7. The van der Waals surface area contributed by atoms with Crippen LogP contribution in [0.5, 0.6) is 0 Å². The second kappa shape index (κ2) is 24.9. The molecule has 4 nitrogen and oxygen atoms in total. The van der Waals surface area contributed by atoms with E-state index in [1.807, 2.05) is 65.5 Å². The van der Waals surface area contributed by atoms with Gasteiger partial charge < -0.3 is 32.9 Å². The van der Waals surface area contributed by atoms with Gasteiger partial charge in [0.25, 0.3) is 0 Å². The normalized spacial score (nSPS) is 14.6. The Morgan fingerprint density at radius 2 is 1.68 bits per heavy atom. The first kappa shape index (κ1) is 43.8. The standard InChI is InChI=1S/C19H31NO2.C9H11.C6H10O.C2H6.Na/c1-7-11-15(12-8-2)16-13-10-14-20(17(16)9-3)18(21)22-19(4,5)6;1-8(2)9-6-4-3-5-7-9;1-4-6(7)5(2)3;1-2;/h17H,7-11,14H2,1-6H3;4-8H,1-2H3;4-5H,1H2,2-3H3;1-2H3;/q-2;-1;;;+1. The third-order valence-corrected chi connectivity index (χ3v) is 5.79. The van der Waals surface area contributed by atoms with E-state index in [4.69, 9.17) is 4.74 Å². The maximum absolute atomic E-state index is 12.5. The van der Waals surface area contributed by atoms with E-state index < -0.39 is 5.60 Å². The maximum Gasteiger partial charge on any atom is 1.00 e. The summed E-state index contributed by atoms with van der Waals surface area (Å²) in [6.45, 7) is 28.2. The van der Waals surface area contributed by atoms with Crippen molar-refractivity contribution in [3.63, 3.8) is 0 Å². The molecule has 0 aliphatic carbocycles. The topological polar surface area (TPSA) is 46.6 Å². The number of nitrogens with zero attached hydrogens (tertiary/aromatic N) is 1. The van der Waals surface area contributed by atoms with Crippen LogP contribution in [0.4, 0.5) is 4.79 Å². The van der Waals surface area contributed by atoms with Gasteiger partial charge in [-0.15, -0.1) is 19.3 Å². The monoisotopic (exact) mass is 575 g/mol. The zero-order valence-corrected chi connectivity index (χ0v) is 30.7. The molecule has 0 spiro atoms. The molecule has 1 aliphatic rings. The first-order valence-electron chi connectivity index (χ1n) is 15.1. The molecule has 1 amide bonds. The van der Waals surface area contributed by atoms with Crippen molar-refractivity contribution in [3.05, 3.63) is 71.8 Å². The van der Waals surface area contributed by atoms with Gasteiger partial charge in [-0.05, 0) is 45.2 Å². The summed E-state index contributed by atoms with van der Waals surface area (Å²) in [4.78, 5) is 24.8. The van der Waals surface area contributed by atoms with E-state index in [9.17, 15) is 9.59 Å². The van der Waals surface area contributed by atoms with Crippen molar-refractivity contribution in [1.82, 2.24) is 4.90 Å². The average Bonchev–Trinajstić information content (AvgIpc) is 2.93. The van der Waals surface area contributed by atoms with Gasteiger partial charge in [-0.3, -0.25) is 4.79 Å². The number of amides is 1. The predicted octanol–water partition coefficient (Wildman–Crippen LogP) is 7.11. The molecule has 1 heterocycles. The quantitative estimate of drug-likeness (QED) is 0.189. The number of hydrogen-bond acceptors (Lipinski definition) is 3. The van der Waals surface area contributed by atoms with Crippen molar-refractivity contribution in [2.24, 2.45) is 5.92 Å². The number of hydrogen-bond donors (Lipinski definition) is 0. The Morgan fingerprint density at radius 3 is 2.02 bits per heavy atom. The Kier molecular flexibility index (Phi) is 26.7. The van der Waals surface area contributed by atoms with Crippen LogP contribution in [0.2, 0.25) is 0 Å². The van der Waals surface area contributed by atoms with Gasteiger partial charge in [-0.25, -0.2) is 4.79 Å². The van der Waals surface area contributed by atoms with Crippen LogP contribution in [0.3, 0.4) is 0 Å². The molecular formula is C36H58NNaO3-2. The van der Waals surface area contributed by atoms with Crippen LogP contribution in [-0.2, 0) is 9.53 Å². The van der Waals surface area contributed by atoms with Gasteiger partial charge >= 0.3 is 35.7 Å². The SMILES string of the molecule is C=CC(=O)C(C)C.CC.CC(C)c1cc[c-]cc1.CC[C-]=C(CCC)C1=[C-]CCN(C(=O)OC(C)(C)C)C1CC.[Na+]. The van der Waals surface area contributed by atoms with Crippen molar-refractivity contribution in [1.29, 1.82) is 0 Å². The second-order valence-corrected chi connectivity index (χ2v) is 10.9. The molecule has 0 fully saturated rings. The van der Waals surface area contributed by atoms with Crippen molar-refractivity contribution >= 4 is 11.9 Å². The molecule has 0 aromatic heterocycles. The van der Waals surface area contributed by atoms with Crippen LogP contribution in [-0.4, -0.2) is 35.0 Å². The summed E-state index contributed by atoms with van der Waals surface area (Å²) in [7, 11) is 0. The third kappa shape index (κ3) is 19.2. The molecule has 0 saturated carbocycles. The van der Waals surface area contributed by atoms with Crippen LogP contribution in [0.25, 0.3) is 0 Å². The van der Waals surface area contributed by atoms with Crippen molar-refractivity contribution in [2.75, 3.05) is 6.54 Å². The molecule has 1 unspecified atom stereocenters. The second-order valence-electron chi connectivity index (χ2n) is 10.9. The minimum absolute atomic E-state index is 0. The Morgan fingerprint density at radius 1 is 1.12 bits per heavy atom. The molecule has 5 heteroatoms. The summed E-state index contributed by atoms with van der Waals surface area (Å²) in [5.41, 5.74) is 3.31. The van der Waals surface area contributed by atoms with Crippen LogP contribution in [0, 0.1) is 24.1 Å². The van der Waals surface area contributed by atoms with Gasteiger partial charge in [-0.1, -0.05) is 75.3 Å². The minimum Gasteiger partial charge on any atom is -0.444 e. The molecule has 0 radical (unpaired) electrons. The van der Waals surface area contributed by atoms with E-state index in [0.29, 0.717) is 12.5 Å². The Bertz CT molecular complexity index is 895. The summed E-state index contributed by atoms with van der Waals surface area (Å²) < 4.78 is 5.57. The minimum atomic E-state index is -0.460. The van der Waals surface area contributed by atoms with Crippen molar-refractivity contribution in [2.45, 2.75) is 133 Å². The fraction of sp³-hybridized carbons (Fsp3) is 0.611. The molecule has 228 valence electrons. The average molecular weight is 576 g/mol. The summed E-state index contributed by atoms with van der Waals surface area (Å²) in [6, 6.07) is 11.2. The zero-order chi connectivity index (χ0) is 31.3. The fourth-order valence-electron chi connectivity index (χ4n) is 3.81. The van der Waals surface area contributed by atoms with Crippen LogP contribution >= 0.6 is 0 Å². The van der Waals surface area contributed by atoms with Crippen molar-refractivity contribution < 1.29 is 43.9 Å². The number of allylic oxidation sites excluding steroid dienone is 2. The molecule has 0 bridgehead atoms. The summed E-state index contributed by atoms with van der Waals surface area (Å²) >= 11 is 0. The van der Waals surface area contributed by atoms with Gasteiger partial charge in [0.15, 0.2) is 5.78 Å². The van der Waals surface area contributed by atoms with E-state index in [1.54, 1.807) is 0 Å². The molecule has 0 N–H and O–H groups in total. The first-order valence-corrected chi connectivity index (χ1v) is 15.1. The maximum atomic E-state index is 12.5. The van der Waals surface area contributed by atoms with E-state index in [-0.39, 0.29) is 53.4 Å². The van der Waals surface area contributed by atoms with Gasteiger partial charge in [0.2, 0.25) is 0 Å². The molecule has 1 aromatic rings. The number of ketones is 1. The number of carbonyl (C=O) groups excluding carboxylic acids is 2. The smallest absolute Gasteiger partial charge is 0.444 e. The van der Waals surface area contributed by atoms with Gasteiger partial charge in [0, 0.05) is 12.5 Å². The fourth-order valence-corrected chi connectivity index (χ4v) is 3.81. The first-order chi connectivity index (χ1) is 18.8. The third-order valence-electron chi connectivity index (χ3n) is 5.79. The number of ether oxygens (including phenoxy) is 1. The molecular weight excluding hydrogens is 517 g/mol. The number of rotatable bonds is 8. The van der Waals surface area contributed by atoms with Crippen molar-refractivity contribution in [3.8, 4) is 0 Å². The Balaban J connectivity index is -0.000000624. The Labute approximate surface area is 276 Å². The Hall–Kier alpha value is -1.62. The predicted molar refractivity (Wildman–Crippen MR) is 171 cm³/mol. The molecule has 1 aromatic carbocycles. The van der Waals surface area contributed by atoms with E-state index in [1.165, 1.54) is 17.2 Å². The van der Waals surface area contributed by atoms with Gasteiger partial charge in [-0.2, -0.15) is 35.9 Å².